The zero-order valence-corrected chi connectivity index (χ0v) is 6.76. The lowest BCUT2D eigenvalue weighted by Crippen LogP contribution is -2.45. The molecular weight excluding hydrogens is 198 g/mol. The molecule has 14 heavy (non-hydrogen) atoms. The second-order valence-electron chi connectivity index (χ2n) is 2.27. The van der Waals surface area contributed by atoms with Crippen LogP contribution in [-0.2, 0) is 19.2 Å². The van der Waals surface area contributed by atoms with Gasteiger partial charge in [-0.2, -0.15) is 0 Å². The van der Waals surface area contributed by atoms with Crippen molar-refractivity contribution in [3.05, 3.63) is 0 Å². The fraction of sp³-hybridized carbons (Fsp3) is 0.333. The maximum atomic E-state index is 10.5. The van der Waals surface area contributed by atoms with E-state index in [9.17, 15) is 19.2 Å². The molecule has 0 bridgehead atoms. The van der Waals surface area contributed by atoms with Crippen molar-refractivity contribution in [2.75, 3.05) is 0 Å². The van der Waals surface area contributed by atoms with E-state index in [4.69, 9.17) is 15.3 Å². The van der Waals surface area contributed by atoms with Crippen LogP contribution in [0.1, 0.15) is 6.42 Å². The summed E-state index contributed by atoms with van der Waals surface area (Å²) in [6.07, 6.45) is -0.881. The zero-order chi connectivity index (χ0) is 11.3. The predicted molar refractivity (Wildman–Crippen MR) is 39.5 cm³/mol. The molecule has 0 spiro atoms. The van der Waals surface area contributed by atoms with Gasteiger partial charge < -0.3 is 20.6 Å². The molecule has 0 radical (unpaired) electrons. The van der Waals surface area contributed by atoms with Crippen molar-refractivity contribution in [3.8, 4) is 0 Å². The van der Waals surface area contributed by atoms with Crippen LogP contribution >= 0.6 is 0 Å². The maximum absolute atomic E-state index is 10.5. The van der Waals surface area contributed by atoms with Crippen LogP contribution in [0, 0.1) is 0 Å². The van der Waals surface area contributed by atoms with Crippen LogP contribution in [-0.4, -0.2) is 45.2 Å². The number of hydrogen-bond acceptors (Lipinski definition) is 4. The van der Waals surface area contributed by atoms with Gasteiger partial charge in [-0.25, -0.2) is 9.59 Å². The van der Waals surface area contributed by atoms with Crippen molar-refractivity contribution in [1.82, 2.24) is 5.32 Å². The topological polar surface area (TPSA) is 141 Å². The monoisotopic (exact) mass is 205 g/mol. The molecule has 0 aromatic heterocycles. The first kappa shape index (κ1) is 11.9. The summed E-state index contributed by atoms with van der Waals surface area (Å²) < 4.78 is 0. The summed E-state index contributed by atoms with van der Waals surface area (Å²) in [7, 11) is 0. The van der Waals surface area contributed by atoms with Crippen LogP contribution in [0.25, 0.3) is 0 Å². The Labute approximate surface area is 77.1 Å². The van der Waals surface area contributed by atoms with E-state index < -0.39 is 36.3 Å². The van der Waals surface area contributed by atoms with Crippen molar-refractivity contribution < 1.29 is 34.5 Å². The van der Waals surface area contributed by atoms with E-state index in [-0.39, 0.29) is 0 Å². The number of aliphatic carboxylic acids is 3. The first-order chi connectivity index (χ1) is 6.34. The van der Waals surface area contributed by atoms with Crippen LogP contribution in [0.2, 0.25) is 0 Å². The molecule has 0 aliphatic heterocycles. The Morgan fingerprint density at radius 2 is 1.57 bits per heavy atom. The van der Waals surface area contributed by atoms with Gasteiger partial charge in [0.25, 0.3) is 0 Å². The van der Waals surface area contributed by atoms with Crippen LogP contribution in [0.3, 0.4) is 0 Å². The lowest BCUT2D eigenvalue weighted by molar-refractivity contribution is -0.153. The first-order valence-corrected chi connectivity index (χ1v) is 3.33. The van der Waals surface area contributed by atoms with E-state index in [0.29, 0.717) is 0 Å². The van der Waals surface area contributed by atoms with E-state index in [1.165, 1.54) is 5.32 Å². The van der Waals surface area contributed by atoms with Crippen molar-refractivity contribution in [3.63, 3.8) is 0 Å². The average Bonchev–Trinajstić information content (AvgIpc) is 2.01. The quantitative estimate of drug-likeness (QED) is 0.393. The van der Waals surface area contributed by atoms with Crippen LogP contribution < -0.4 is 5.32 Å². The molecule has 0 aromatic rings. The molecule has 0 heterocycles. The molecule has 0 saturated carbocycles. The summed E-state index contributed by atoms with van der Waals surface area (Å²) in [4.78, 5) is 40.9. The van der Waals surface area contributed by atoms with Crippen molar-refractivity contribution in [2.24, 2.45) is 0 Å². The minimum absolute atomic E-state index is 0.881. The van der Waals surface area contributed by atoms with E-state index >= 15 is 0 Å². The molecule has 0 saturated heterocycles. The predicted octanol–water partition coefficient (Wildman–Crippen LogP) is -1.88. The number of rotatable bonds is 4. The number of carbonyl (C=O) groups excluding carboxylic acids is 1. The van der Waals surface area contributed by atoms with E-state index in [1.54, 1.807) is 0 Å². The SMILES string of the molecule is O=C(O)C[C@H](NC(=O)C(=O)O)C(=O)O. The van der Waals surface area contributed by atoms with Gasteiger partial charge in [-0.3, -0.25) is 9.59 Å². The molecule has 1 atom stereocenters. The summed E-state index contributed by atoms with van der Waals surface area (Å²) in [5.74, 6) is -6.50. The lowest BCUT2D eigenvalue weighted by Gasteiger charge is -2.09. The molecule has 8 heteroatoms. The van der Waals surface area contributed by atoms with E-state index in [0.717, 1.165) is 0 Å². The summed E-state index contributed by atoms with van der Waals surface area (Å²) in [6, 6.07) is -1.74. The van der Waals surface area contributed by atoms with Crippen LogP contribution in [0.5, 0.6) is 0 Å². The summed E-state index contributed by atoms with van der Waals surface area (Å²) >= 11 is 0. The molecular formula is C6H7NO7. The highest BCUT2D eigenvalue weighted by atomic mass is 16.4. The average molecular weight is 205 g/mol. The molecule has 0 aliphatic carbocycles. The van der Waals surface area contributed by atoms with Crippen molar-refractivity contribution >= 4 is 23.8 Å². The van der Waals surface area contributed by atoms with E-state index in [1.807, 2.05) is 0 Å². The summed E-state index contributed by atoms with van der Waals surface area (Å²) in [6.45, 7) is 0. The Balaban J connectivity index is 4.38. The van der Waals surface area contributed by atoms with Gasteiger partial charge in [0.05, 0.1) is 6.42 Å². The molecule has 8 nitrogen and oxygen atoms in total. The lowest BCUT2D eigenvalue weighted by atomic mass is 10.2. The highest BCUT2D eigenvalue weighted by molar-refractivity contribution is 6.32. The van der Waals surface area contributed by atoms with Gasteiger partial charge in [-0.15, -0.1) is 0 Å². The number of hydrogen-bond donors (Lipinski definition) is 4. The fourth-order valence-corrected chi connectivity index (χ4v) is 0.595. The smallest absolute Gasteiger partial charge is 0.394 e. The van der Waals surface area contributed by atoms with Gasteiger partial charge in [0.15, 0.2) is 0 Å². The van der Waals surface area contributed by atoms with Gasteiger partial charge in [0, 0.05) is 0 Å². The van der Waals surface area contributed by atoms with Crippen LogP contribution in [0.15, 0.2) is 0 Å². The minimum Gasteiger partial charge on any atom is -0.481 e. The molecule has 78 valence electrons. The number of carbonyl (C=O) groups is 4. The third-order valence-electron chi connectivity index (χ3n) is 1.18. The number of carboxylic acid groups (broad SMARTS) is 3. The second kappa shape index (κ2) is 4.80. The third-order valence-corrected chi connectivity index (χ3v) is 1.18. The number of amides is 1. The van der Waals surface area contributed by atoms with Crippen molar-refractivity contribution in [1.29, 1.82) is 0 Å². The van der Waals surface area contributed by atoms with Gasteiger partial charge >= 0.3 is 23.8 Å². The highest BCUT2D eigenvalue weighted by Gasteiger charge is 2.25. The summed E-state index contributed by atoms with van der Waals surface area (Å²) in [5.41, 5.74) is 0. The largest absolute Gasteiger partial charge is 0.481 e. The van der Waals surface area contributed by atoms with Gasteiger partial charge in [-0.1, -0.05) is 0 Å². The standard InChI is InChI=1S/C6H7NO7/c8-3(9)1-2(5(11)12)7-4(10)6(13)14/h2H,1H2,(H,7,10)(H,8,9)(H,11,12)(H,13,14)/t2-/m0/s1. The first-order valence-electron chi connectivity index (χ1n) is 3.33. The normalized spacial score (nSPS) is 11.4. The molecule has 0 rings (SSSR count). The van der Waals surface area contributed by atoms with Gasteiger partial charge in [-0.05, 0) is 0 Å². The zero-order valence-electron chi connectivity index (χ0n) is 6.76. The second-order valence-corrected chi connectivity index (χ2v) is 2.27. The van der Waals surface area contributed by atoms with Gasteiger partial charge in [0.2, 0.25) is 0 Å². The maximum Gasteiger partial charge on any atom is 0.394 e. The molecule has 0 unspecified atom stereocenters. The molecule has 4 N–H and O–H groups in total. The highest BCUT2D eigenvalue weighted by Crippen LogP contribution is 1.92. The molecule has 1 amide bonds. The van der Waals surface area contributed by atoms with Crippen LogP contribution in [0.4, 0.5) is 0 Å². The Morgan fingerprint density at radius 1 is 1.07 bits per heavy atom. The minimum atomic E-state index is -1.87. The third kappa shape index (κ3) is 4.04. The Kier molecular flexibility index (Phi) is 4.07. The fourth-order valence-electron chi connectivity index (χ4n) is 0.595. The Morgan fingerprint density at radius 3 is 1.86 bits per heavy atom. The van der Waals surface area contributed by atoms with Crippen molar-refractivity contribution in [2.45, 2.75) is 12.5 Å². The summed E-state index contributed by atoms with van der Waals surface area (Å²) in [5, 5.41) is 26.2. The number of carboxylic acids is 3. The Hall–Kier alpha value is -2.12. The molecule has 0 aromatic carbocycles. The molecule has 0 aliphatic rings. The number of nitrogens with one attached hydrogen (secondary N) is 1. The van der Waals surface area contributed by atoms with E-state index in [2.05, 4.69) is 0 Å². The molecule has 0 fully saturated rings. The Bertz CT molecular complexity index is 284. The van der Waals surface area contributed by atoms with Gasteiger partial charge in [0.1, 0.15) is 6.04 Å².